The summed E-state index contributed by atoms with van der Waals surface area (Å²) in [6, 6.07) is 2.94. The fraction of sp³-hybridized carbons (Fsp3) is 0.600. The van der Waals surface area contributed by atoms with Crippen LogP contribution in [0, 0.1) is 12.7 Å². The van der Waals surface area contributed by atoms with Crippen LogP contribution in [0.15, 0.2) is 23.1 Å². The maximum absolute atomic E-state index is 13.4. The highest BCUT2D eigenvalue weighted by molar-refractivity contribution is 7.96. The second-order valence-corrected chi connectivity index (χ2v) is 10.3. The topological polar surface area (TPSA) is 80.3 Å². The molecule has 0 saturated carbocycles. The lowest BCUT2D eigenvalue weighted by atomic mass is 10.2. The lowest BCUT2D eigenvalue weighted by Gasteiger charge is -2.20. The van der Waals surface area contributed by atoms with Gasteiger partial charge in [0.05, 0.1) is 21.7 Å². The van der Waals surface area contributed by atoms with Crippen LogP contribution in [0.2, 0.25) is 0 Å². The normalized spacial score (nSPS) is 24.0. The van der Waals surface area contributed by atoms with E-state index in [1.807, 2.05) is 6.92 Å². The van der Waals surface area contributed by atoms with Crippen LogP contribution in [0.3, 0.4) is 0 Å². The molecule has 1 aliphatic rings. The minimum atomic E-state index is -3.84. The molecular formula is C15H22FNO4S2. The molecule has 1 aliphatic heterocycles. The molecule has 1 aromatic carbocycles. The molecular weight excluding hydrogens is 341 g/mol. The van der Waals surface area contributed by atoms with Gasteiger partial charge in [-0.3, -0.25) is 0 Å². The Morgan fingerprint density at radius 3 is 2.61 bits per heavy atom. The first-order chi connectivity index (χ1) is 10.7. The summed E-state index contributed by atoms with van der Waals surface area (Å²) in [6.07, 6.45) is 1.78. The van der Waals surface area contributed by atoms with Gasteiger partial charge in [-0.05, 0) is 43.7 Å². The molecule has 0 spiro atoms. The molecule has 0 amide bonds. The maximum Gasteiger partial charge on any atom is 0.183 e. The van der Waals surface area contributed by atoms with Gasteiger partial charge in [-0.2, -0.15) is 0 Å². The van der Waals surface area contributed by atoms with Crippen LogP contribution in [0.1, 0.15) is 25.3 Å². The molecule has 0 bridgehead atoms. The van der Waals surface area contributed by atoms with Gasteiger partial charge in [0.2, 0.25) is 0 Å². The average Bonchev–Trinajstić information content (AvgIpc) is 2.78. The van der Waals surface area contributed by atoms with Gasteiger partial charge in [-0.1, -0.05) is 13.3 Å². The van der Waals surface area contributed by atoms with Crippen molar-refractivity contribution in [3.63, 3.8) is 0 Å². The van der Waals surface area contributed by atoms with E-state index in [9.17, 15) is 21.2 Å². The van der Waals surface area contributed by atoms with Crippen molar-refractivity contribution < 1.29 is 21.2 Å². The molecule has 1 fully saturated rings. The zero-order valence-electron chi connectivity index (χ0n) is 13.2. The van der Waals surface area contributed by atoms with Crippen LogP contribution in [-0.2, 0) is 19.7 Å². The summed E-state index contributed by atoms with van der Waals surface area (Å²) >= 11 is 0. The summed E-state index contributed by atoms with van der Waals surface area (Å²) in [5.41, 5.74) is 0.224. The molecule has 1 aromatic rings. The van der Waals surface area contributed by atoms with Gasteiger partial charge in [0.25, 0.3) is 0 Å². The first-order valence-corrected chi connectivity index (χ1v) is 11.0. The van der Waals surface area contributed by atoms with Crippen LogP contribution >= 0.6 is 0 Å². The average molecular weight is 363 g/mol. The van der Waals surface area contributed by atoms with Crippen molar-refractivity contribution in [1.82, 2.24) is 5.32 Å². The molecule has 5 nitrogen and oxygen atoms in total. The predicted molar refractivity (Wildman–Crippen MR) is 87.5 cm³/mol. The van der Waals surface area contributed by atoms with Crippen molar-refractivity contribution in [2.75, 3.05) is 18.1 Å². The Morgan fingerprint density at radius 2 is 2.00 bits per heavy atom. The molecule has 0 aromatic heterocycles. The zero-order valence-corrected chi connectivity index (χ0v) is 14.9. The Bertz CT molecular complexity index is 775. The molecule has 130 valence electrons. The van der Waals surface area contributed by atoms with E-state index in [0.717, 1.165) is 18.9 Å². The summed E-state index contributed by atoms with van der Waals surface area (Å²) < 4.78 is 62.8. The number of hydrogen-bond donors (Lipinski definition) is 1. The van der Waals surface area contributed by atoms with E-state index in [2.05, 4.69) is 5.32 Å². The largest absolute Gasteiger partial charge is 0.312 e. The van der Waals surface area contributed by atoms with E-state index in [0.29, 0.717) is 6.54 Å². The number of sulfone groups is 2. The van der Waals surface area contributed by atoms with Crippen LogP contribution in [0.25, 0.3) is 0 Å². The smallest absolute Gasteiger partial charge is 0.183 e. The van der Waals surface area contributed by atoms with E-state index < -0.39 is 42.5 Å². The van der Waals surface area contributed by atoms with Crippen molar-refractivity contribution in [3.8, 4) is 0 Å². The molecule has 8 heteroatoms. The Labute approximate surface area is 137 Å². The summed E-state index contributed by atoms with van der Waals surface area (Å²) in [7, 11) is -7.25. The van der Waals surface area contributed by atoms with Crippen LogP contribution in [0.4, 0.5) is 4.39 Å². The van der Waals surface area contributed by atoms with E-state index in [1.165, 1.54) is 19.1 Å². The highest BCUT2D eigenvalue weighted by atomic mass is 32.2. The van der Waals surface area contributed by atoms with Gasteiger partial charge in [0.1, 0.15) is 5.82 Å². The van der Waals surface area contributed by atoms with E-state index in [1.54, 1.807) is 0 Å². The van der Waals surface area contributed by atoms with Crippen LogP contribution in [-0.4, -0.2) is 46.2 Å². The Kier molecular flexibility index (Phi) is 5.48. The Hall–Kier alpha value is -0.990. The van der Waals surface area contributed by atoms with Gasteiger partial charge >= 0.3 is 0 Å². The molecule has 1 saturated heterocycles. The molecule has 1 heterocycles. The second-order valence-electron chi connectivity index (χ2n) is 5.99. The van der Waals surface area contributed by atoms with Crippen molar-refractivity contribution in [2.24, 2.45) is 0 Å². The van der Waals surface area contributed by atoms with E-state index in [4.69, 9.17) is 0 Å². The predicted octanol–water partition coefficient (Wildman–Crippen LogP) is 1.46. The first-order valence-electron chi connectivity index (χ1n) is 7.61. The first kappa shape index (κ1) is 18.4. The van der Waals surface area contributed by atoms with Crippen molar-refractivity contribution in [1.29, 1.82) is 0 Å². The number of rotatable bonds is 6. The lowest BCUT2D eigenvalue weighted by Crippen LogP contribution is -2.43. The lowest BCUT2D eigenvalue weighted by molar-refractivity contribution is 0.518. The number of hydrogen-bond acceptors (Lipinski definition) is 5. The summed E-state index contributed by atoms with van der Waals surface area (Å²) in [6.45, 7) is 4.06. The van der Waals surface area contributed by atoms with E-state index in [-0.39, 0.29) is 16.2 Å². The molecule has 2 rings (SSSR count). The highest BCUT2D eigenvalue weighted by Gasteiger charge is 2.45. The Balaban J connectivity index is 2.33. The summed E-state index contributed by atoms with van der Waals surface area (Å²) in [5, 5.41) is 2.02. The molecule has 0 aliphatic carbocycles. The molecule has 2 atom stereocenters. The molecule has 0 radical (unpaired) electrons. The maximum atomic E-state index is 13.4. The number of aryl methyl sites for hydroxylation is 1. The van der Waals surface area contributed by atoms with Gasteiger partial charge in [0, 0.05) is 6.04 Å². The van der Waals surface area contributed by atoms with Crippen LogP contribution in [0.5, 0.6) is 0 Å². The fourth-order valence-corrected chi connectivity index (χ4v) is 7.54. The van der Waals surface area contributed by atoms with Gasteiger partial charge in [-0.25, -0.2) is 21.2 Å². The highest BCUT2D eigenvalue weighted by Crippen LogP contribution is 2.27. The number of benzene rings is 1. The number of unbranched alkanes of at least 4 members (excludes halogenated alkanes) is 1. The quantitative estimate of drug-likeness (QED) is 0.611. The third-order valence-electron chi connectivity index (χ3n) is 4.09. The van der Waals surface area contributed by atoms with Crippen LogP contribution < -0.4 is 5.32 Å². The third kappa shape index (κ3) is 4.10. The fourth-order valence-electron chi connectivity index (χ4n) is 2.74. The molecule has 23 heavy (non-hydrogen) atoms. The minimum Gasteiger partial charge on any atom is -0.312 e. The zero-order chi connectivity index (χ0) is 17.3. The van der Waals surface area contributed by atoms with Gasteiger partial charge < -0.3 is 5.32 Å². The number of nitrogens with one attached hydrogen (secondary N) is 1. The molecule has 0 unspecified atom stereocenters. The monoisotopic (exact) mass is 363 g/mol. The van der Waals surface area contributed by atoms with Crippen molar-refractivity contribution in [3.05, 3.63) is 29.6 Å². The number of halogens is 1. The van der Waals surface area contributed by atoms with Crippen molar-refractivity contribution in [2.45, 2.75) is 42.9 Å². The standard InChI is InChI=1S/C15H22FNO4S2/c1-3-4-7-17-14-9-22(18,19)10-15(14)23(20,21)12-5-6-13(16)11(2)8-12/h5-6,8,14-15,17H,3-4,7,9-10H2,1-2H3/t14-,15-/m1/s1. The molecule has 1 N–H and O–H groups in total. The minimum absolute atomic E-state index is 0.0270. The van der Waals surface area contributed by atoms with Gasteiger partial charge in [-0.15, -0.1) is 0 Å². The van der Waals surface area contributed by atoms with E-state index >= 15 is 0 Å². The summed E-state index contributed by atoms with van der Waals surface area (Å²) in [5.74, 6) is -1.06. The second kappa shape index (κ2) is 6.86. The van der Waals surface area contributed by atoms with Crippen molar-refractivity contribution >= 4 is 19.7 Å². The third-order valence-corrected chi connectivity index (χ3v) is 8.24. The summed E-state index contributed by atoms with van der Waals surface area (Å²) in [4.78, 5) is -0.0270. The Morgan fingerprint density at radius 1 is 1.30 bits per heavy atom. The van der Waals surface area contributed by atoms with Gasteiger partial charge in [0.15, 0.2) is 19.7 Å². The SMILES string of the molecule is CCCCN[C@@H]1CS(=O)(=O)C[C@H]1S(=O)(=O)c1ccc(F)c(C)c1.